The number of nitrogens with zero attached hydrogens (tertiary/aromatic N) is 1. The van der Waals surface area contributed by atoms with Crippen molar-refractivity contribution in [3.63, 3.8) is 0 Å². The van der Waals surface area contributed by atoms with Crippen LogP contribution in [0.3, 0.4) is 0 Å². The maximum absolute atomic E-state index is 11.8. The fourth-order valence-corrected chi connectivity index (χ4v) is 2.28. The SMILES string of the molecule is Cc1cc(NC(=O)N[C@H](C)c2ccc(Cl)cc2Cl)no1. The van der Waals surface area contributed by atoms with Gasteiger partial charge >= 0.3 is 6.03 Å². The lowest BCUT2D eigenvalue weighted by molar-refractivity contribution is 0.249. The number of hydrogen-bond acceptors (Lipinski definition) is 3. The lowest BCUT2D eigenvalue weighted by atomic mass is 10.1. The number of carbonyl (C=O) groups is 1. The van der Waals surface area contributed by atoms with Gasteiger partial charge in [0.15, 0.2) is 5.82 Å². The smallest absolute Gasteiger partial charge is 0.320 e. The Labute approximate surface area is 126 Å². The number of carbonyl (C=O) groups excluding carboxylic acids is 1. The second-order valence-corrected chi connectivity index (χ2v) is 5.15. The number of anilines is 1. The summed E-state index contributed by atoms with van der Waals surface area (Å²) in [6.07, 6.45) is 0. The van der Waals surface area contributed by atoms with Crippen LogP contribution in [0, 0.1) is 6.92 Å². The number of aryl methyl sites for hydroxylation is 1. The maximum atomic E-state index is 11.8. The van der Waals surface area contributed by atoms with Crippen LogP contribution in [0.2, 0.25) is 10.0 Å². The highest BCUT2D eigenvalue weighted by atomic mass is 35.5. The fraction of sp³-hybridized carbons (Fsp3) is 0.231. The first kappa shape index (κ1) is 14.7. The molecule has 2 rings (SSSR count). The van der Waals surface area contributed by atoms with Gasteiger partial charge in [-0.3, -0.25) is 5.32 Å². The number of aromatic nitrogens is 1. The van der Waals surface area contributed by atoms with Crippen molar-refractivity contribution in [2.24, 2.45) is 0 Å². The zero-order valence-corrected chi connectivity index (χ0v) is 12.4. The van der Waals surface area contributed by atoms with E-state index in [1.807, 2.05) is 6.92 Å². The largest absolute Gasteiger partial charge is 0.360 e. The molecule has 1 atom stereocenters. The third kappa shape index (κ3) is 3.65. The Morgan fingerprint density at radius 1 is 1.35 bits per heavy atom. The molecule has 1 aromatic carbocycles. The molecule has 0 unspecified atom stereocenters. The molecule has 2 aromatic rings. The van der Waals surface area contributed by atoms with E-state index in [0.717, 1.165) is 5.56 Å². The fourth-order valence-electron chi connectivity index (χ4n) is 1.70. The molecule has 20 heavy (non-hydrogen) atoms. The van der Waals surface area contributed by atoms with Crippen LogP contribution in [0.15, 0.2) is 28.8 Å². The minimum Gasteiger partial charge on any atom is -0.360 e. The Balaban J connectivity index is 2.00. The number of nitrogens with one attached hydrogen (secondary N) is 2. The van der Waals surface area contributed by atoms with Crippen LogP contribution in [0.25, 0.3) is 0 Å². The van der Waals surface area contributed by atoms with Gasteiger partial charge in [-0.15, -0.1) is 0 Å². The number of hydrogen-bond donors (Lipinski definition) is 2. The van der Waals surface area contributed by atoms with E-state index in [9.17, 15) is 4.79 Å². The average molecular weight is 314 g/mol. The second-order valence-electron chi connectivity index (χ2n) is 4.31. The topological polar surface area (TPSA) is 67.2 Å². The molecule has 0 aliphatic carbocycles. The van der Waals surface area contributed by atoms with Gasteiger partial charge < -0.3 is 9.84 Å². The molecule has 2 N–H and O–H groups in total. The zero-order chi connectivity index (χ0) is 14.7. The average Bonchev–Trinajstić information content (AvgIpc) is 2.74. The molecule has 1 aromatic heterocycles. The van der Waals surface area contributed by atoms with Gasteiger partial charge in [0.25, 0.3) is 0 Å². The molecule has 106 valence electrons. The molecular formula is C13H13Cl2N3O2. The van der Waals surface area contributed by atoms with Crippen LogP contribution < -0.4 is 10.6 Å². The van der Waals surface area contributed by atoms with Crippen molar-refractivity contribution in [3.05, 3.63) is 45.6 Å². The molecule has 0 radical (unpaired) electrons. The van der Waals surface area contributed by atoms with E-state index < -0.39 is 6.03 Å². The second kappa shape index (κ2) is 6.15. The van der Waals surface area contributed by atoms with E-state index in [1.165, 1.54) is 0 Å². The van der Waals surface area contributed by atoms with Crippen LogP contribution in [-0.4, -0.2) is 11.2 Å². The summed E-state index contributed by atoms with van der Waals surface area (Å²) in [4.78, 5) is 11.8. The molecule has 1 heterocycles. The molecule has 0 aliphatic rings. The zero-order valence-electron chi connectivity index (χ0n) is 10.9. The first-order valence-corrected chi connectivity index (χ1v) is 6.67. The standard InChI is InChI=1S/C13H13Cl2N3O2/c1-7-5-12(18-20-7)17-13(19)16-8(2)10-4-3-9(14)6-11(10)15/h3-6,8H,1-2H3,(H2,16,17,18,19)/t8-/m1/s1. The Kier molecular flexibility index (Phi) is 4.52. The first-order chi connectivity index (χ1) is 9.45. The number of benzene rings is 1. The predicted molar refractivity (Wildman–Crippen MR) is 78.3 cm³/mol. The number of halogens is 2. The van der Waals surface area contributed by atoms with E-state index in [2.05, 4.69) is 15.8 Å². The van der Waals surface area contributed by atoms with Crippen molar-refractivity contribution in [2.75, 3.05) is 5.32 Å². The third-order valence-electron chi connectivity index (χ3n) is 2.65. The Hall–Kier alpha value is -1.72. The van der Waals surface area contributed by atoms with Gasteiger partial charge in [0.05, 0.1) is 6.04 Å². The Bertz CT molecular complexity index is 628. The van der Waals surface area contributed by atoms with Crippen molar-refractivity contribution in [1.29, 1.82) is 0 Å². The minimum atomic E-state index is -0.392. The van der Waals surface area contributed by atoms with Crippen molar-refractivity contribution in [1.82, 2.24) is 10.5 Å². The molecule has 0 saturated heterocycles. The maximum Gasteiger partial charge on any atom is 0.320 e. The van der Waals surface area contributed by atoms with Crippen molar-refractivity contribution in [2.45, 2.75) is 19.9 Å². The molecule has 5 nitrogen and oxygen atoms in total. The normalized spacial score (nSPS) is 12.0. The van der Waals surface area contributed by atoms with Gasteiger partial charge in [0.2, 0.25) is 0 Å². The minimum absolute atomic E-state index is 0.271. The summed E-state index contributed by atoms with van der Waals surface area (Å²) >= 11 is 11.9. The molecule has 0 saturated carbocycles. The van der Waals surface area contributed by atoms with E-state index in [0.29, 0.717) is 21.6 Å². The summed E-state index contributed by atoms with van der Waals surface area (Å²) in [6.45, 7) is 3.56. The van der Waals surface area contributed by atoms with Gasteiger partial charge in [-0.05, 0) is 31.5 Å². The molecule has 2 amide bonds. The number of amides is 2. The van der Waals surface area contributed by atoms with Gasteiger partial charge in [-0.25, -0.2) is 4.79 Å². The van der Waals surface area contributed by atoms with Crippen LogP contribution >= 0.6 is 23.2 Å². The summed E-state index contributed by atoms with van der Waals surface area (Å²) in [6, 6.07) is 6.09. The van der Waals surface area contributed by atoms with Crippen molar-refractivity contribution < 1.29 is 9.32 Å². The molecule has 0 aliphatic heterocycles. The lowest BCUT2D eigenvalue weighted by Gasteiger charge is -2.15. The van der Waals surface area contributed by atoms with Crippen LogP contribution in [0.1, 0.15) is 24.3 Å². The van der Waals surface area contributed by atoms with Crippen LogP contribution in [0.4, 0.5) is 10.6 Å². The van der Waals surface area contributed by atoms with E-state index in [4.69, 9.17) is 27.7 Å². The number of rotatable bonds is 3. The molecular weight excluding hydrogens is 301 g/mol. The summed E-state index contributed by atoms with van der Waals surface area (Å²) in [7, 11) is 0. The van der Waals surface area contributed by atoms with Gasteiger partial charge in [-0.1, -0.05) is 34.4 Å². The van der Waals surface area contributed by atoms with E-state index in [1.54, 1.807) is 31.2 Å². The van der Waals surface area contributed by atoms with Crippen LogP contribution in [0.5, 0.6) is 0 Å². The summed E-state index contributed by atoms with van der Waals surface area (Å²) in [5, 5.41) is 10.1. The Morgan fingerprint density at radius 2 is 2.10 bits per heavy atom. The van der Waals surface area contributed by atoms with Crippen molar-refractivity contribution in [3.8, 4) is 0 Å². The summed E-state index contributed by atoms with van der Waals surface area (Å²) < 4.78 is 4.86. The van der Waals surface area contributed by atoms with E-state index >= 15 is 0 Å². The molecule has 0 fully saturated rings. The highest BCUT2D eigenvalue weighted by Crippen LogP contribution is 2.26. The molecule has 0 spiro atoms. The first-order valence-electron chi connectivity index (χ1n) is 5.91. The summed E-state index contributed by atoms with van der Waals surface area (Å²) in [5.74, 6) is 0.975. The monoisotopic (exact) mass is 313 g/mol. The highest BCUT2D eigenvalue weighted by molar-refractivity contribution is 6.35. The van der Waals surface area contributed by atoms with Gasteiger partial charge in [-0.2, -0.15) is 0 Å². The molecule has 0 bridgehead atoms. The third-order valence-corrected chi connectivity index (χ3v) is 3.21. The number of urea groups is 1. The quantitative estimate of drug-likeness (QED) is 0.893. The van der Waals surface area contributed by atoms with Gasteiger partial charge in [0.1, 0.15) is 5.76 Å². The lowest BCUT2D eigenvalue weighted by Crippen LogP contribution is -2.31. The van der Waals surface area contributed by atoms with E-state index in [-0.39, 0.29) is 6.04 Å². The predicted octanol–water partition coefficient (Wildman–Crippen LogP) is 4.17. The summed E-state index contributed by atoms with van der Waals surface area (Å²) in [5.41, 5.74) is 0.780. The van der Waals surface area contributed by atoms with Crippen LogP contribution in [-0.2, 0) is 0 Å². The Morgan fingerprint density at radius 3 is 2.70 bits per heavy atom. The molecule has 7 heteroatoms. The van der Waals surface area contributed by atoms with Crippen molar-refractivity contribution >= 4 is 35.1 Å². The highest BCUT2D eigenvalue weighted by Gasteiger charge is 2.14. The van der Waals surface area contributed by atoms with Gasteiger partial charge in [0, 0.05) is 16.1 Å².